The Hall–Kier alpha value is -1.10. The predicted molar refractivity (Wildman–Crippen MR) is 50.8 cm³/mol. The van der Waals surface area contributed by atoms with Gasteiger partial charge in [0.05, 0.1) is 5.92 Å². The summed E-state index contributed by atoms with van der Waals surface area (Å²) in [6.45, 7) is 3.29. The van der Waals surface area contributed by atoms with Crippen molar-refractivity contribution in [2.24, 2.45) is 5.92 Å². The van der Waals surface area contributed by atoms with Crippen LogP contribution in [0, 0.1) is 5.92 Å². The summed E-state index contributed by atoms with van der Waals surface area (Å²) in [6.07, 6.45) is 0.589. The van der Waals surface area contributed by atoms with Crippen molar-refractivity contribution < 1.29 is 14.7 Å². The van der Waals surface area contributed by atoms with Crippen LogP contribution >= 0.6 is 0 Å². The molecule has 0 aliphatic carbocycles. The molecule has 14 heavy (non-hydrogen) atoms. The molecule has 0 saturated carbocycles. The van der Waals surface area contributed by atoms with E-state index in [2.05, 4.69) is 10.6 Å². The minimum absolute atomic E-state index is 0.0293. The number of hydrogen-bond acceptors (Lipinski definition) is 3. The molecular formula is C9H16N2O3. The second-order valence-electron chi connectivity index (χ2n) is 3.70. The van der Waals surface area contributed by atoms with Gasteiger partial charge < -0.3 is 15.7 Å². The van der Waals surface area contributed by atoms with Crippen molar-refractivity contribution in [3.05, 3.63) is 0 Å². The minimum Gasteiger partial charge on any atom is -0.481 e. The quantitative estimate of drug-likeness (QED) is 0.563. The summed E-state index contributed by atoms with van der Waals surface area (Å²) in [5.74, 6) is -0.722. The van der Waals surface area contributed by atoms with Gasteiger partial charge in [-0.1, -0.05) is 0 Å². The van der Waals surface area contributed by atoms with Gasteiger partial charge in [-0.15, -0.1) is 0 Å². The zero-order chi connectivity index (χ0) is 10.6. The highest BCUT2D eigenvalue weighted by atomic mass is 16.4. The highest BCUT2D eigenvalue weighted by molar-refractivity contribution is 5.80. The molecule has 3 N–H and O–H groups in total. The largest absolute Gasteiger partial charge is 0.481 e. The molecule has 1 fully saturated rings. The van der Waals surface area contributed by atoms with Crippen molar-refractivity contribution in [1.29, 1.82) is 0 Å². The first-order valence-corrected chi connectivity index (χ1v) is 4.82. The standard InChI is InChI=1S/C9H16N2O3/c1-6(2-3-8(12)13)11-9(14)7-4-10-5-7/h6-7,10H,2-5H2,1H3,(H,11,14)(H,12,13). The van der Waals surface area contributed by atoms with Crippen molar-refractivity contribution >= 4 is 11.9 Å². The van der Waals surface area contributed by atoms with Gasteiger partial charge in [0.25, 0.3) is 0 Å². The third kappa shape index (κ3) is 3.33. The average molecular weight is 200 g/mol. The molecule has 1 unspecified atom stereocenters. The molecule has 0 aromatic rings. The fraction of sp³-hybridized carbons (Fsp3) is 0.778. The number of carboxylic acids is 1. The van der Waals surface area contributed by atoms with Crippen LogP contribution in [0.15, 0.2) is 0 Å². The lowest BCUT2D eigenvalue weighted by atomic mass is 10.0. The third-order valence-corrected chi connectivity index (χ3v) is 2.33. The third-order valence-electron chi connectivity index (χ3n) is 2.33. The van der Waals surface area contributed by atoms with Crippen LogP contribution in [0.3, 0.4) is 0 Å². The maximum Gasteiger partial charge on any atom is 0.303 e. The monoisotopic (exact) mass is 200 g/mol. The summed E-state index contributed by atoms with van der Waals surface area (Å²) in [4.78, 5) is 21.6. The molecule has 0 aromatic carbocycles. The van der Waals surface area contributed by atoms with Gasteiger partial charge in [-0.05, 0) is 13.3 Å². The Morgan fingerprint density at radius 3 is 2.64 bits per heavy atom. The van der Waals surface area contributed by atoms with Gasteiger partial charge in [-0.25, -0.2) is 0 Å². The molecule has 1 saturated heterocycles. The van der Waals surface area contributed by atoms with Gasteiger partial charge in [-0.2, -0.15) is 0 Å². The lowest BCUT2D eigenvalue weighted by Crippen LogP contribution is -2.52. The number of rotatable bonds is 5. The van der Waals surface area contributed by atoms with E-state index < -0.39 is 5.97 Å². The SMILES string of the molecule is CC(CCC(=O)O)NC(=O)C1CNC1. The normalized spacial score (nSPS) is 18.4. The smallest absolute Gasteiger partial charge is 0.303 e. The zero-order valence-electron chi connectivity index (χ0n) is 8.25. The van der Waals surface area contributed by atoms with Crippen LogP contribution in [0.25, 0.3) is 0 Å². The van der Waals surface area contributed by atoms with Crippen LogP contribution in [0.4, 0.5) is 0 Å². The number of hydrogen-bond donors (Lipinski definition) is 3. The molecule has 0 radical (unpaired) electrons. The van der Waals surface area contributed by atoms with E-state index in [0.29, 0.717) is 6.42 Å². The highest BCUT2D eigenvalue weighted by Gasteiger charge is 2.25. The Balaban J connectivity index is 2.15. The van der Waals surface area contributed by atoms with Crippen molar-refractivity contribution in [2.45, 2.75) is 25.8 Å². The van der Waals surface area contributed by atoms with Crippen LogP contribution < -0.4 is 10.6 Å². The number of aliphatic carboxylic acids is 1. The van der Waals surface area contributed by atoms with Crippen molar-refractivity contribution in [3.63, 3.8) is 0 Å². The summed E-state index contributed by atoms with van der Waals surface area (Å²) in [5.41, 5.74) is 0. The van der Waals surface area contributed by atoms with Crippen LogP contribution in [0.5, 0.6) is 0 Å². The summed E-state index contributed by atoms with van der Waals surface area (Å²) < 4.78 is 0. The second kappa shape index (κ2) is 4.95. The van der Waals surface area contributed by atoms with Gasteiger partial charge in [0, 0.05) is 25.6 Å². The first kappa shape index (κ1) is 11.0. The summed E-state index contributed by atoms with van der Waals surface area (Å²) in [6, 6.07) is -0.0563. The maximum absolute atomic E-state index is 11.4. The van der Waals surface area contributed by atoms with E-state index in [-0.39, 0.29) is 24.3 Å². The van der Waals surface area contributed by atoms with E-state index in [1.807, 2.05) is 6.92 Å². The average Bonchev–Trinajstić information content (AvgIpc) is 1.97. The molecule has 1 heterocycles. The Bertz CT molecular complexity index is 226. The molecule has 1 atom stereocenters. The van der Waals surface area contributed by atoms with Gasteiger partial charge in [-0.3, -0.25) is 9.59 Å². The van der Waals surface area contributed by atoms with E-state index in [9.17, 15) is 9.59 Å². The fourth-order valence-electron chi connectivity index (χ4n) is 1.25. The van der Waals surface area contributed by atoms with Crippen molar-refractivity contribution in [2.75, 3.05) is 13.1 Å². The van der Waals surface area contributed by atoms with Crippen LogP contribution in [-0.4, -0.2) is 36.1 Å². The van der Waals surface area contributed by atoms with Crippen LogP contribution in [0.1, 0.15) is 19.8 Å². The summed E-state index contributed by atoms with van der Waals surface area (Å²) in [5, 5.41) is 14.2. The van der Waals surface area contributed by atoms with E-state index >= 15 is 0 Å². The van der Waals surface area contributed by atoms with Crippen molar-refractivity contribution in [3.8, 4) is 0 Å². The van der Waals surface area contributed by atoms with E-state index in [0.717, 1.165) is 13.1 Å². The van der Waals surface area contributed by atoms with Crippen LogP contribution in [-0.2, 0) is 9.59 Å². The fourth-order valence-corrected chi connectivity index (χ4v) is 1.25. The molecule has 1 aliphatic heterocycles. The van der Waals surface area contributed by atoms with E-state index in [1.54, 1.807) is 0 Å². The number of amides is 1. The van der Waals surface area contributed by atoms with E-state index in [1.165, 1.54) is 0 Å². The van der Waals surface area contributed by atoms with Crippen LogP contribution in [0.2, 0.25) is 0 Å². The molecule has 1 amide bonds. The number of carbonyl (C=O) groups is 2. The minimum atomic E-state index is -0.823. The first-order valence-electron chi connectivity index (χ1n) is 4.82. The lowest BCUT2D eigenvalue weighted by Gasteiger charge is -2.27. The Morgan fingerprint density at radius 1 is 1.57 bits per heavy atom. The predicted octanol–water partition coefficient (Wildman–Crippen LogP) is -0.425. The topological polar surface area (TPSA) is 78.4 Å². The summed E-state index contributed by atoms with van der Waals surface area (Å²) >= 11 is 0. The highest BCUT2D eigenvalue weighted by Crippen LogP contribution is 2.04. The second-order valence-corrected chi connectivity index (χ2v) is 3.70. The van der Waals surface area contributed by atoms with Gasteiger partial charge in [0.2, 0.25) is 5.91 Å². The Kier molecular flexibility index (Phi) is 3.88. The molecule has 80 valence electrons. The molecular weight excluding hydrogens is 184 g/mol. The Labute approximate surface area is 82.9 Å². The molecule has 1 rings (SSSR count). The number of nitrogens with one attached hydrogen (secondary N) is 2. The maximum atomic E-state index is 11.4. The first-order chi connectivity index (χ1) is 6.59. The number of carbonyl (C=O) groups excluding carboxylic acids is 1. The molecule has 0 spiro atoms. The molecule has 5 heteroatoms. The van der Waals surface area contributed by atoms with E-state index in [4.69, 9.17) is 5.11 Å². The van der Waals surface area contributed by atoms with Gasteiger partial charge in [0.15, 0.2) is 0 Å². The Morgan fingerprint density at radius 2 is 2.21 bits per heavy atom. The number of carboxylic acid groups (broad SMARTS) is 1. The molecule has 0 aromatic heterocycles. The lowest BCUT2D eigenvalue weighted by molar-refractivity contribution is -0.137. The van der Waals surface area contributed by atoms with Crippen molar-refractivity contribution in [1.82, 2.24) is 10.6 Å². The molecule has 1 aliphatic rings. The zero-order valence-corrected chi connectivity index (χ0v) is 8.25. The molecule has 5 nitrogen and oxygen atoms in total. The van der Waals surface area contributed by atoms with Gasteiger partial charge >= 0.3 is 5.97 Å². The summed E-state index contributed by atoms with van der Waals surface area (Å²) in [7, 11) is 0. The van der Waals surface area contributed by atoms with Gasteiger partial charge in [0.1, 0.15) is 0 Å². The molecule has 0 bridgehead atoms.